The van der Waals surface area contributed by atoms with Crippen molar-refractivity contribution in [1.82, 2.24) is 0 Å². The van der Waals surface area contributed by atoms with E-state index in [2.05, 4.69) is 32.0 Å². The van der Waals surface area contributed by atoms with Gasteiger partial charge < -0.3 is 10.8 Å². The van der Waals surface area contributed by atoms with E-state index < -0.39 is 5.60 Å². The highest BCUT2D eigenvalue weighted by molar-refractivity contribution is 7.99. The number of benzene rings is 1. The third kappa shape index (κ3) is 4.16. The van der Waals surface area contributed by atoms with Crippen molar-refractivity contribution >= 4 is 11.8 Å². The molecule has 0 fully saturated rings. The fourth-order valence-corrected chi connectivity index (χ4v) is 2.66. The van der Waals surface area contributed by atoms with Crippen LogP contribution < -0.4 is 5.73 Å². The van der Waals surface area contributed by atoms with E-state index in [1.54, 1.807) is 18.7 Å². The van der Waals surface area contributed by atoms with E-state index in [-0.39, 0.29) is 0 Å². The lowest BCUT2D eigenvalue weighted by molar-refractivity contribution is 0.0665. The maximum Gasteiger partial charge on any atom is 0.0749 e. The zero-order valence-electron chi connectivity index (χ0n) is 10.3. The van der Waals surface area contributed by atoms with Crippen molar-refractivity contribution in [2.45, 2.75) is 37.7 Å². The Morgan fingerprint density at radius 3 is 2.62 bits per heavy atom. The highest BCUT2D eigenvalue weighted by Gasteiger charge is 2.17. The molecular formula is C13H21NOS. The van der Waals surface area contributed by atoms with Gasteiger partial charge in [0.1, 0.15) is 0 Å². The first-order valence-electron chi connectivity index (χ1n) is 5.57. The maximum atomic E-state index is 9.78. The van der Waals surface area contributed by atoms with Gasteiger partial charge in [-0.25, -0.2) is 0 Å². The first-order valence-corrected chi connectivity index (χ1v) is 6.56. The van der Waals surface area contributed by atoms with Crippen LogP contribution in [0.25, 0.3) is 0 Å². The summed E-state index contributed by atoms with van der Waals surface area (Å²) in [6.07, 6.45) is 0.724. The lowest BCUT2D eigenvalue weighted by Gasteiger charge is -2.20. The van der Waals surface area contributed by atoms with E-state index in [1.807, 2.05) is 0 Å². The maximum absolute atomic E-state index is 9.78. The van der Waals surface area contributed by atoms with E-state index in [1.165, 1.54) is 16.0 Å². The van der Waals surface area contributed by atoms with Gasteiger partial charge in [-0.2, -0.15) is 0 Å². The minimum absolute atomic E-state index is 0.320. The molecule has 0 aliphatic rings. The molecule has 0 aliphatic heterocycles. The monoisotopic (exact) mass is 239 g/mol. The Balaban J connectivity index is 2.49. The van der Waals surface area contributed by atoms with Crippen LogP contribution in [0.5, 0.6) is 0 Å². The minimum atomic E-state index is -0.731. The second-order valence-corrected chi connectivity index (χ2v) is 5.71. The Bertz CT molecular complexity index is 350. The number of rotatable bonds is 5. The molecule has 3 N–H and O–H groups in total. The minimum Gasteiger partial charge on any atom is -0.389 e. The fourth-order valence-electron chi connectivity index (χ4n) is 1.44. The summed E-state index contributed by atoms with van der Waals surface area (Å²) in [6, 6.07) is 6.45. The van der Waals surface area contributed by atoms with Crippen molar-refractivity contribution in [2.75, 3.05) is 12.3 Å². The van der Waals surface area contributed by atoms with Crippen LogP contribution in [-0.2, 0) is 0 Å². The fraction of sp³-hybridized carbons (Fsp3) is 0.538. The first kappa shape index (κ1) is 13.6. The molecule has 0 saturated heterocycles. The van der Waals surface area contributed by atoms with Crippen LogP contribution in [0.4, 0.5) is 0 Å². The smallest absolute Gasteiger partial charge is 0.0749 e. The van der Waals surface area contributed by atoms with Gasteiger partial charge in [-0.3, -0.25) is 0 Å². The van der Waals surface area contributed by atoms with Crippen LogP contribution in [0.3, 0.4) is 0 Å². The highest BCUT2D eigenvalue weighted by atomic mass is 32.2. The summed E-state index contributed by atoms with van der Waals surface area (Å²) in [5.74, 6) is 0.897. The van der Waals surface area contributed by atoms with E-state index in [9.17, 15) is 5.11 Å². The molecule has 0 aromatic heterocycles. The summed E-state index contributed by atoms with van der Waals surface area (Å²) in [4.78, 5) is 1.29. The zero-order chi connectivity index (χ0) is 12.2. The molecule has 2 nitrogen and oxygen atoms in total. The predicted molar refractivity (Wildman–Crippen MR) is 70.9 cm³/mol. The molecule has 90 valence electrons. The van der Waals surface area contributed by atoms with Crippen molar-refractivity contribution < 1.29 is 5.11 Å². The number of aliphatic hydroxyl groups is 1. The van der Waals surface area contributed by atoms with Crippen LogP contribution in [-0.4, -0.2) is 23.0 Å². The molecule has 1 aromatic rings. The van der Waals surface area contributed by atoms with Gasteiger partial charge in [-0.05, 0) is 38.8 Å². The largest absolute Gasteiger partial charge is 0.389 e. The van der Waals surface area contributed by atoms with Crippen LogP contribution in [0, 0.1) is 13.8 Å². The number of hydrogen-bond acceptors (Lipinski definition) is 3. The Hall–Kier alpha value is -0.510. The van der Waals surface area contributed by atoms with E-state index in [4.69, 9.17) is 5.73 Å². The summed E-state index contributed by atoms with van der Waals surface area (Å²) in [5, 5.41) is 9.78. The third-order valence-corrected chi connectivity index (χ3v) is 3.85. The topological polar surface area (TPSA) is 46.2 Å². The quantitative estimate of drug-likeness (QED) is 0.776. The van der Waals surface area contributed by atoms with Crippen LogP contribution >= 0.6 is 11.8 Å². The Morgan fingerprint density at radius 1 is 1.38 bits per heavy atom. The average molecular weight is 239 g/mol. The standard InChI is InChI=1S/C13H21NOS/c1-10-4-5-12(11(2)8-10)16-7-6-13(3,15)9-14/h4-5,8,15H,6-7,9,14H2,1-3H3. The van der Waals surface area contributed by atoms with Gasteiger partial charge in [0.05, 0.1) is 5.60 Å². The van der Waals surface area contributed by atoms with Gasteiger partial charge >= 0.3 is 0 Å². The van der Waals surface area contributed by atoms with Gasteiger partial charge in [-0.15, -0.1) is 11.8 Å². The molecule has 0 saturated carbocycles. The molecule has 0 spiro atoms. The van der Waals surface area contributed by atoms with Gasteiger partial charge in [0, 0.05) is 17.2 Å². The summed E-state index contributed by atoms with van der Waals surface area (Å²) in [7, 11) is 0. The molecule has 0 bridgehead atoms. The van der Waals surface area contributed by atoms with Crippen molar-refractivity contribution in [3.63, 3.8) is 0 Å². The van der Waals surface area contributed by atoms with Crippen molar-refractivity contribution in [1.29, 1.82) is 0 Å². The molecule has 3 heteroatoms. The second-order valence-electron chi connectivity index (χ2n) is 4.57. The number of thioether (sulfide) groups is 1. The van der Waals surface area contributed by atoms with E-state index in [0.29, 0.717) is 6.54 Å². The molecule has 1 rings (SSSR count). The molecule has 0 heterocycles. The van der Waals surface area contributed by atoms with Crippen molar-refractivity contribution in [2.24, 2.45) is 5.73 Å². The average Bonchev–Trinajstić information content (AvgIpc) is 2.21. The number of hydrogen-bond donors (Lipinski definition) is 2. The molecule has 0 aliphatic carbocycles. The van der Waals surface area contributed by atoms with Crippen molar-refractivity contribution in [3.05, 3.63) is 29.3 Å². The predicted octanol–water partition coefficient (Wildman–Crippen LogP) is 2.50. The SMILES string of the molecule is Cc1ccc(SCCC(C)(O)CN)c(C)c1. The Labute approximate surface area is 102 Å². The zero-order valence-corrected chi connectivity index (χ0v) is 11.1. The van der Waals surface area contributed by atoms with Crippen LogP contribution in [0.2, 0.25) is 0 Å². The van der Waals surface area contributed by atoms with Gasteiger partial charge in [-0.1, -0.05) is 17.7 Å². The second kappa shape index (κ2) is 5.71. The van der Waals surface area contributed by atoms with Gasteiger partial charge in [0.2, 0.25) is 0 Å². The first-order chi connectivity index (χ1) is 7.44. The Morgan fingerprint density at radius 2 is 2.06 bits per heavy atom. The summed E-state index contributed by atoms with van der Waals surface area (Å²) in [6.45, 7) is 6.33. The lowest BCUT2D eigenvalue weighted by Crippen LogP contribution is -2.34. The molecule has 0 amide bonds. The van der Waals surface area contributed by atoms with E-state index >= 15 is 0 Å². The molecule has 1 aromatic carbocycles. The van der Waals surface area contributed by atoms with Crippen LogP contribution in [0.15, 0.2) is 23.1 Å². The highest BCUT2D eigenvalue weighted by Crippen LogP contribution is 2.25. The van der Waals surface area contributed by atoms with E-state index in [0.717, 1.165) is 12.2 Å². The van der Waals surface area contributed by atoms with Gasteiger partial charge in [0.25, 0.3) is 0 Å². The summed E-state index contributed by atoms with van der Waals surface area (Å²) >= 11 is 1.78. The normalized spacial score (nSPS) is 14.8. The van der Waals surface area contributed by atoms with Gasteiger partial charge in [0.15, 0.2) is 0 Å². The summed E-state index contributed by atoms with van der Waals surface area (Å²) < 4.78 is 0. The molecular weight excluding hydrogens is 218 g/mol. The molecule has 16 heavy (non-hydrogen) atoms. The molecule has 1 unspecified atom stereocenters. The number of nitrogens with two attached hydrogens (primary N) is 1. The molecule has 0 radical (unpaired) electrons. The van der Waals surface area contributed by atoms with Crippen LogP contribution in [0.1, 0.15) is 24.5 Å². The Kier molecular flexibility index (Phi) is 4.84. The number of aryl methyl sites for hydroxylation is 2. The van der Waals surface area contributed by atoms with Crippen molar-refractivity contribution in [3.8, 4) is 0 Å². The third-order valence-electron chi connectivity index (χ3n) is 2.67. The summed E-state index contributed by atoms with van der Waals surface area (Å²) in [5.41, 5.74) is 7.34. The lowest BCUT2D eigenvalue weighted by atomic mass is 10.1. The molecule has 1 atom stereocenters.